The van der Waals surface area contributed by atoms with E-state index in [-0.39, 0.29) is 0 Å². The second-order valence-corrected chi connectivity index (χ2v) is 3.14. The van der Waals surface area contributed by atoms with E-state index in [1.54, 1.807) is 0 Å². The van der Waals surface area contributed by atoms with E-state index in [1.807, 2.05) is 24.3 Å². The largest absolute Gasteiger partial charge is 0.489 e. The molecule has 0 atom stereocenters. The van der Waals surface area contributed by atoms with Gasteiger partial charge in [-0.25, -0.2) is 0 Å². The van der Waals surface area contributed by atoms with Crippen LogP contribution in [0.3, 0.4) is 0 Å². The van der Waals surface area contributed by atoms with Crippen LogP contribution in [-0.2, 0) is 4.74 Å². The number of hydrogen-bond acceptors (Lipinski definition) is 1. The van der Waals surface area contributed by atoms with Crippen LogP contribution in [0.15, 0.2) is 42.5 Å². The van der Waals surface area contributed by atoms with Gasteiger partial charge in [0.1, 0.15) is 12.4 Å². The molecule has 1 aromatic carbocycles. The van der Waals surface area contributed by atoms with Crippen LogP contribution in [0.1, 0.15) is 11.1 Å². The number of hydrogen-bond donors (Lipinski definition) is 0. The fourth-order valence-electron chi connectivity index (χ4n) is 1.37. The maximum Gasteiger partial charge on any atom is 0.126 e. The monoisotopic (exact) mass is 172 g/mol. The molecule has 0 aliphatic carbocycles. The lowest BCUT2D eigenvalue weighted by Gasteiger charge is -2.11. The molecule has 0 aromatic heterocycles. The molecule has 1 aliphatic heterocycles. The number of allylic oxidation sites excluding steroid dienone is 2. The maximum absolute atomic E-state index is 5.49. The van der Waals surface area contributed by atoms with Crippen LogP contribution in [0.2, 0.25) is 0 Å². The summed E-state index contributed by atoms with van der Waals surface area (Å²) < 4.78 is 5.49. The molecule has 1 heterocycles. The first-order valence-corrected chi connectivity index (χ1v) is 4.43. The Hall–Kier alpha value is -1.50. The fourth-order valence-corrected chi connectivity index (χ4v) is 1.37. The van der Waals surface area contributed by atoms with Crippen LogP contribution < -0.4 is 0 Å². The third kappa shape index (κ3) is 1.81. The molecule has 0 bridgehead atoms. The number of aryl methyl sites for hydroxylation is 1. The zero-order valence-electron chi connectivity index (χ0n) is 7.66. The standard InChI is InChI=1S/C12H12O/c1-10-5-4-6-11(9-10)12-7-2-3-8-13-12/h2-7,9H,8H2,1H3. The Morgan fingerprint density at radius 3 is 2.92 bits per heavy atom. The van der Waals surface area contributed by atoms with E-state index in [0.717, 1.165) is 11.3 Å². The molecule has 0 spiro atoms. The van der Waals surface area contributed by atoms with Crippen molar-refractivity contribution in [2.75, 3.05) is 6.61 Å². The summed E-state index contributed by atoms with van der Waals surface area (Å²) >= 11 is 0. The molecule has 0 N–H and O–H groups in total. The van der Waals surface area contributed by atoms with Crippen molar-refractivity contribution in [3.8, 4) is 0 Å². The first kappa shape index (κ1) is 8.11. The van der Waals surface area contributed by atoms with Gasteiger partial charge in [0.2, 0.25) is 0 Å². The van der Waals surface area contributed by atoms with E-state index in [9.17, 15) is 0 Å². The fraction of sp³-hybridized carbons (Fsp3) is 0.167. The summed E-state index contributed by atoms with van der Waals surface area (Å²) in [5.74, 6) is 0.964. The van der Waals surface area contributed by atoms with Crippen LogP contribution >= 0.6 is 0 Å². The van der Waals surface area contributed by atoms with Gasteiger partial charge in [-0.05, 0) is 25.1 Å². The highest BCUT2D eigenvalue weighted by Gasteiger charge is 2.03. The highest BCUT2D eigenvalue weighted by Crippen LogP contribution is 2.19. The second kappa shape index (κ2) is 3.48. The third-order valence-electron chi connectivity index (χ3n) is 2.02. The molecule has 0 unspecified atom stereocenters. The van der Waals surface area contributed by atoms with Gasteiger partial charge in [0.05, 0.1) is 0 Å². The van der Waals surface area contributed by atoms with Crippen molar-refractivity contribution in [3.05, 3.63) is 53.6 Å². The summed E-state index contributed by atoms with van der Waals surface area (Å²) in [6.45, 7) is 2.77. The lowest BCUT2D eigenvalue weighted by molar-refractivity contribution is 0.316. The van der Waals surface area contributed by atoms with Crippen LogP contribution in [0, 0.1) is 6.92 Å². The van der Waals surface area contributed by atoms with Gasteiger partial charge in [-0.2, -0.15) is 0 Å². The van der Waals surface area contributed by atoms with Gasteiger partial charge in [-0.1, -0.05) is 29.8 Å². The number of ether oxygens (including phenoxy) is 1. The lowest BCUT2D eigenvalue weighted by Crippen LogP contribution is -1.95. The molecular weight excluding hydrogens is 160 g/mol. The van der Waals surface area contributed by atoms with Gasteiger partial charge >= 0.3 is 0 Å². The van der Waals surface area contributed by atoms with Crippen molar-refractivity contribution in [2.45, 2.75) is 6.92 Å². The van der Waals surface area contributed by atoms with E-state index in [0.29, 0.717) is 6.61 Å². The van der Waals surface area contributed by atoms with Gasteiger partial charge in [-0.3, -0.25) is 0 Å². The number of rotatable bonds is 1. The third-order valence-corrected chi connectivity index (χ3v) is 2.02. The van der Waals surface area contributed by atoms with Gasteiger partial charge in [-0.15, -0.1) is 0 Å². The Morgan fingerprint density at radius 2 is 2.23 bits per heavy atom. The summed E-state index contributed by atoms with van der Waals surface area (Å²) in [6, 6.07) is 8.33. The number of benzene rings is 1. The zero-order chi connectivity index (χ0) is 9.10. The topological polar surface area (TPSA) is 9.23 Å². The highest BCUT2D eigenvalue weighted by molar-refractivity contribution is 5.62. The molecule has 2 rings (SSSR count). The van der Waals surface area contributed by atoms with Gasteiger partial charge in [0.25, 0.3) is 0 Å². The van der Waals surface area contributed by atoms with Crippen molar-refractivity contribution in [1.82, 2.24) is 0 Å². The molecule has 0 radical (unpaired) electrons. The Bertz CT molecular complexity index is 361. The predicted molar refractivity (Wildman–Crippen MR) is 54.2 cm³/mol. The van der Waals surface area contributed by atoms with E-state index in [4.69, 9.17) is 4.74 Å². The van der Waals surface area contributed by atoms with Crippen molar-refractivity contribution >= 4 is 5.76 Å². The van der Waals surface area contributed by atoms with Crippen molar-refractivity contribution < 1.29 is 4.74 Å². The average molecular weight is 172 g/mol. The summed E-state index contributed by atoms with van der Waals surface area (Å²) in [7, 11) is 0. The van der Waals surface area contributed by atoms with Crippen LogP contribution in [0.5, 0.6) is 0 Å². The van der Waals surface area contributed by atoms with E-state index >= 15 is 0 Å². The highest BCUT2D eigenvalue weighted by atomic mass is 16.5. The van der Waals surface area contributed by atoms with Gasteiger partial charge in [0, 0.05) is 5.56 Å². The first-order chi connectivity index (χ1) is 6.36. The molecule has 13 heavy (non-hydrogen) atoms. The minimum Gasteiger partial charge on any atom is -0.489 e. The van der Waals surface area contributed by atoms with Crippen molar-refractivity contribution in [2.24, 2.45) is 0 Å². The second-order valence-electron chi connectivity index (χ2n) is 3.14. The van der Waals surface area contributed by atoms with E-state index in [1.165, 1.54) is 5.56 Å². The Labute approximate surface area is 78.3 Å². The molecule has 0 saturated carbocycles. The molecule has 1 nitrogen and oxygen atoms in total. The van der Waals surface area contributed by atoms with Crippen LogP contribution in [0.25, 0.3) is 5.76 Å². The van der Waals surface area contributed by atoms with Crippen LogP contribution in [-0.4, -0.2) is 6.61 Å². The molecule has 1 aliphatic rings. The molecule has 0 fully saturated rings. The average Bonchev–Trinajstić information content (AvgIpc) is 2.19. The summed E-state index contributed by atoms with van der Waals surface area (Å²) in [4.78, 5) is 0. The Morgan fingerprint density at radius 1 is 1.31 bits per heavy atom. The van der Waals surface area contributed by atoms with Crippen molar-refractivity contribution in [1.29, 1.82) is 0 Å². The summed E-state index contributed by atoms with van der Waals surface area (Å²) in [5, 5.41) is 0. The molecule has 1 heteroatoms. The minimum atomic E-state index is 0.680. The molecule has 1 aromatic rings. The summed E-state index contributed by atoms with van der Waals surface area (Å²) in [6.07, 6.45) is 6.03. The predicted octanol–water partition coefficient (Wildman–Crippen LogP) is 2.92. The molecule has 66 valence electrons. The SMILES string of the molecule is Cc1cccc(C2=CC=CCO2)c1. The van der Waals surface area contributed by atoms with E-state index in [2.05, 4.69) is 25.1 Å². The van der Waals surface area contributed by atoms with Crippen molar-refractivity contribution in [3.63, 3.8) is 0 Å². The maximum atomic E-state index is 5.49. The molecule has 0 saturated heterocycles. The molecular formula is C12H12O. The summed E-state index contributed by atoms with van der Waals surface area (Å²) in [5.41, 5.74) is 2.42. The lowest BCUT2D eigenvalue weighted by atomic mass is 10.1. The van der Waals surface area contributed by atoms with Gasteiger partial charge < -0.3 is 4.74 Å². The quantitative estimate of drug-likeness (QED) is 0.632. The Balaban J connectivity index is 2.34. The first-order valence-electron chi connectivity index (χ1n) is 4.43. The smallest absolute Gasteiger partial charge is 0.126 e. The normalized spacial score (nSPS) is 15.0. The Kier molecular flexibility index (Phi) is 2.17. The zero-order valence-corrected chi connectivity index (χ0v) is 7.66. The van der Waals surface area contributed by atoms with Gasteiger partial charge in [0.15, 0.2) is 0 Å². The molecule has 0 amide bonds. The minimum absolute atomic E-state index is 0.680. The van der Waals surface area contributed by atoms with E-state index < -0.39 is 0 Å². The van der Waals surface area contributed by atoms with Crippen LogP contribution in [0.4, 0.5) is 0 Å².